The number of halogens is 1. The first-order valence-corrected chi connectivity index (χ1v) is 10.0. The Hall–Kier alpha value is -2.60. The van der Waals surface area contributed by atoms with Crippen LogP contribution in [0.25, 0.3) is 0 Å². The van der Waals surface area contributed by atoms with Gasteiger partial charge in [0.1, 0.15) is 11.9 Å². The number of aromatic nitrogens is 1. The molecule has 2 aliphatic heterocycles. The summed E-state index contributed by atoms with van der Waals surface area (Å²) in [5, 5.41) is 3.75. The van der Waals surface area contributed by atoms with Gasteiger partial charge in [-0.15, -0.1) is 0 Å². The van der Waals surface area contributed by atoms with Gasteiger partial charge in [-0.25, -0.2) is 4.98 Å². The summed E-state index contributed by atoms with van der Waals surface area (Å²) in [7, 11) is 0. The zero-order valence-corrected chi connectivity index (χ0v) is 16.3. The predicted octanol–water partition coefficient (Wildman–Crippen LogP) is 2.73. The third-order valence-electron chi connectivity index (χ3n) is 5.41. The fraction of sp³-hybridized carbons (Fsp3) is 0.381. The second kappa shape index (κ2) is 8.19. The van der Waals surface area contributed by atoms with Crippen LogP contribution in [-0.4, -0.2) is 53.4 Å². The lowest BCUT2D eigenvalue weighted by molar-refractivity contribution is -0.125. The number of carbonyl (C=O) groups is 2. The van der Waals surface area contributed by atoms with E-state index in [1.807, 2.05) is 24.3 Å². The maximum Gasteiger partial charge on any atom is 0.254 e. The summed E-state index contributed by atoms with van der Waals surface area (Å²) in [6, 6.07) is 12.4. The minimum absolute atomic E-state index is 0.0276. The van der Waals surface area contributed by atoms with Crippen LogP contribution < -0.4 is 10.2 Å². The summed E-state index contributed by atoms with van der Waals surface area (Å²) in [5.74, 6) is 0.606. The molecule has 2 aliphatic rings. The number of pyridine rings is 1. The number of benzene rings is 1. The summed E-state index contributed by atoms with van der Waals surface area (Å²) >= 11 is 6.24. The molecule has 2 amide bonds. The lowest BCUT2D eigenvalue weighted by Crippen LogP contribution is -2.49. The van der Waals surface area contributed by atoms with Crippen LogP contribution in [-0.2, 0) is 4.79 Å². The molecule has 4 rings (SSSR count). The molecule has 1 aromatic heterocycles. The number of amides is 2. The van der Waals surface area contributed by atoms with Gasteiger partial charge in [-0.3, -0.25) is 9.59 Å². The summed E-state index contributed by atoms with van der Waals surface area (Å²) < 4.78 is 0. The summed E-state index contributed by atoms with van der Waals surface area (Å²) in [4.78, 5) is 33.8. The normalized spacial score (nSPS) is 21.8. The molecule has 1 N–H and O–H groups in total. The molecule has 3 heterocycles. The molecule has 0 aliphatic carbocycles. The monoisotopic (exact) mass is 398 g/mol. The number of rotatable bonds is 4. The van der Waals surface area contributed by atoms with E-state index in [4.69, 9.17) is 11.6 Å². The van der Waals surface area contributed by atoms with E-state index in [1.165, 1.54) is 0 Å². The molecule has 146 valence electrons. The van der Waals surface area contributed by atoms with Crippen molar-refractivity contribution in [2.24, 2.45) is 0 Å². The largest absolute Gasteiger partial charge is 0.353 e. The third-order valence-corrected chi connectivity index (χ3v) is 5.71. The Labute approximate surface area is 169 Å². The number of anilines is 1. The Bertz CT molecular complexity index is 860. The van der Waals surface area contributed by atoms with Crippen LogP contribution in [0.3, 0.4) is 0 Å². The highest BCUT2D eigenvalue weighted by molar-refractivity contribution is 6.32. The van der Waals surface area contributed by atoms with Gasteiger partial charge in [-0.2, -0.15) is 0 Å². The Balaban J connectivity index is 1.38. The highest BCUT2D eigenvalue weighted by Gasteiger charge is 2.36. The van der Waals surface area contributed by atoms with Gasteiger partial charge >= 0.3 is 0 Å². The van der Waals surface area contributed by atoms with Crippen LogP contribution in [0.2, 0.25) is 5.02 Å². The lowest BCUT2D eigenvalue weighted by Gasteiger charge is -2.25. The van der Waals surface area contributed by atoms with Gasteiger partial charge in [0.2, 0.25) is 5.91 Å². The second-order valence-electron chi connectivity index (χ2n) is 7.27. The van der Waals surface area contributed by atoms with Crippen molar-refractivity contribution >= 4 is 29.2 Å². The number of nitrogens with zero attached hydrogens (tertiary/aromatic N) is 3. The van der Waals surface area contributed by atoms with Crippen molar-refractivity contribution in [3.8, 4) is 0 Å². The molecule has 2 aromatic rings. The molecule has 2 saturated heterocycles. The summed E-state index contributed by atoms with van der Waals surface area (Å²) in [5.41, 5.74) is 0.624. The molecule has 2 atom stereocenters. The predicted molar refractivity (Wildman–Crippen MR) is 109 cm³/mol. The first-order valence-electron chi connectivity index (χ1n) is 9.65. The first kappa shape index (κ1) is 18.7. The molecule has 2 unspecified atom stereocenters. The van der Waals surface area contributed by atoms with Crippen molar-refractivity contribution in [3.63, 3.8) is 0 Å². The molecule has 2 fully saturated rings. The molecular weight excluding hydrogens is 376 g/mol. The molecule has 6 nitrogen and oxygen atoms in total. The summed E-state index contributed by atoms with van der Waals surface area (Å²) in [6.45, 7) is 2.08. The van der Waals surface area contributed by atoms with E-state index in [0.29, 0.717) is 30.1 Å². The SMILES string of the molecule is O=C(NC1CCN(c2ncccc2Cl)C1)C1CCCN1C(=O)c1ccccc1. The van der Waals surface area contributed by atoms with Crippen LogP contribution in [0.1, 0.15) is 29.6 Å². The fourth-order valence-corrected chi connectivity index (χ4v) is 4.25. The van der Waals surface area contributed by atoms with Gasteiger partial charge in [-0.05, 0) is 43.5 Å². The van der Waals surface area contributed by atoms with E-state index < -0.39 is 6.04 Å². The van der Waals surface area contributed by atoms with Crippen molar-refractivity contribution in [1.82, 2.24) is 15.2 Å². The maximum absolute atomic E-state index is 12.9. The molecule has 7 heteroatoms. The molecule has 0 bridgehead atoms. The van der Waals surface area contributed by atoms with E-state index in [0.717, 1.165) is 25.2 Å². The molecule has 1 aromatic carbocycles. The van der Waals surface area contributed by atoms with E-state index in [-0.39, 0.29) is 17.9 Å². The number of hydrogen-bond donors (Lipinski definition) is 1. The Morgan fingerprint density at radius 2 is 1.89 bits per heavy atom. The Morgan fingerprint density at radius 3 is 2.68 bits per heavy atom. The number of hydrogen-bond acceptors (Lipinski definition) is 4. The Kier molecular flexibility index (Phi) is 5.48. The average molecular weight is 399 g/mol. The van der Waals surface area contributed by atoms with Crippen molar-refractivity contribution < 1.29 is 9.59 Å². The van der Waals surface area contributed by atoms with Crippen molar-refractivity contribution in [2.75, 3.05) is 24.5 Å². The zero-order chi connectivity index (χ0) is 19.5. The van der Waals surface area contributed by atoms with Crippen LogP contribution in [0, 0.1) is 0 Å². The summed E-state index contributed by atoms with van der Waals surface area (Å²) in [6.07, 6.45) is 4.10. The number of nitrogens with one attached hydrogen (secondary N) is 1. The van der Waals surface area contributed by atoms with Crippen LogP contribution in [0.5, 0.6) is 0 Å². The molecule has 0 saturated carbocycles. The van der Waals surface area contributed by atoms with Crippen LogP contribution in [0.15, 0.2) is 48.7 Å². The van der Waals surface area contributed by atoms with E-state index in [9.17, 15) is 9.59 Å². The van der Waals surface area contributed by atoms with Gasteiger partial charge in [0.05, 0.1) is 5.02 Å². The minimum atomic E-state index is -0.403. The van der Waals surface area contributed by atoms with Gasteiger partial charge in [0.15, 0.2) is 0 Å². The van der Waals surface area contributed by atoms with Crippen molar-refractivity contribution in [2.45, 2.75) is 31.3 Å². The Morgan fingerprint density at radius 1 is 1.07 bits per heavy atom. The smallest absolute Gasteiger partial charge is 0.254 e. The second-order valence-corrected chi connectivity index (χ2v) is 7.68. The van der Waals surface area contributed by atoms with Crippen LogP contribution >= 0.6 is 11.6 Å². The quantitative estimate of drug-likeness (QED) is 0.860. The van der Waals surface area contributed by atoms with Gasteiger partial charge in [0.25, 0.3) is 5.91 Å². The number of likely N-dealkylation sites (tertiary alicyclic amines) is 1. The van der Waals surface area contributed by atoms with Crippen molar-refractivity contribution in [3.05, 3.63) is 59.2 Å². The fourth-order valence-electron chi connectivity index (χ4n) is 4.01. The standard InChI is InChI=1S/C21H23ClN4O2/c22-17-8-4-11-23-19(17)25-13-10-16(14-25)24-20(27)18-9-5-12-26(18)21(28)15-6-2-1-3-7-15/h1-4,6-8,11,16,18H,5,9-10,12-14H2,(H,24,27). The van der Waals surface area contributed by atoms with Crippen LogP contribution in [0.4, 0.5) is 5.82 Å². The first-order chi connectivity index (χ1) is 13.6. The lowest BCUT2D eigenvalue weighted by atomic mass is 10.1. The average Bonchev–Trinajstić information content (AvgIpc) is 3.38. The molecular formula is C21H23ClN4O2. The van der Waals surface area contributed by atoms with E-state index in [1.54, 1.807) is 29.3 Å². The number of carbonyl (C=O) groups excluding carboxylic acids is 2. The van der Waals surface area contributed by atoms with Crippen molar-refractivity contribution in [1.29, 1.82) is 0 Å². The van der Waals surface area contributed by atoms with Gasteiger partial charge in [-0.1, -0.05) is 29.8 Å². The van der Waals surface area contributed by atoms with E-state index in [2.05, 4.69) is 15.2 Å². The van der Waals surface area contributed by atoms with E-state index >= 15 is 0 Å². The molecule has 0 spiro atoms. The zero-order valence-electron chi connectivity index (χ0n) is 15.6. The molecule has 28 heavy (non-hydrogen) atoms. The maximum atomic E-state index is 12.9. The highest BCUT2D eigenvalue weighted by atomic mass is 35.5. The topological polar surface area (TPSA) is 65.5 Å². The highest BCUT2D eigenvalue weighted by Crippen LogP contribution is 2.26. The third kappa shape index (κ3) is 3.83. The van der Waals surface area contributed by atoms with Gasteiger partial charge < -0.3 is 15.1 Å². The van der Waals surface area contributed by atoms with Gasteiger partial charge in [0, 0.05) is 37.4 Å². The minimum Gasteiger partial charge on any atom is -0.353 e. The molecule has 0 radical (unpaired) electrons.